The van der Waals surface area contributed by atoms with E-state index in [1.165, 1.54) is 6.42 Å². The predicted molar refractivity (Wildman–Crippen MR) is 101 cm³/mol. The number of carbonyl (C=O) groups excluding carboxylic acids is 2. The molecule has 1 aliphatic heterocycles. The zero-order chi connectivity index (χ0) is 16.9. The van der Waals surface area contributed by atoms with Crippen LogP contribution in [-0.2, 0) is 11.3 Å². The summed E-state index contributed by atoms with van der Waals surface area (Å²) in [7, 11) is 0. The minimum absolute atomic E-state index is 0. The van der Waals surface area contributed by atoms with E-state index in [0.29, 0.717) is 31.0 Å². The number of nitrogens with zero attached hydrogens (tertiary/aromatic N) is 1. The van der Waals surface area contributed by atoms with Crippen molar-refractivity contribution in [1.29, 1.82) is 0 Å². The van der Waals surface area contributed by atoms with Gasteiger partial charge in [0.2, 0.25) is 5.91 Å². The van der Waals surface area contributed by atoms with E-state index in [0.717, 1.165) is 37.8 Å². The molecule has 5 nitrogen and oxygen atoms in total. The molecule has 3 N–H and O–H groups in total. The highest BCUT2D eigenvalue weighted by Gasteiger charge is 2.25. The summed E-state index contributed by atoms with van der Waals surface area (Å²) < 4.78 is 0. The Balaban J connectivity index is 0.00000225. The largest absolute Gasteiger partial charge is 0.349 e. The summed E-state index contributed by atoms with van der Waals surface area (Å²) in [6, 6.07) is 7.79. The average molecular weight is 366 g/mol. The molecule has 0 aromatic heterocycles. The van der Waals surface area contributed by atoms with E-state index in [4.69, 9.17) is 5.73 Å². The SMILES string of the molecule is Cl.NCC1CCCCC1NC(=O)c1ccc(CN2CCCC2=O)cc1. The van der Waals surface area contributed by atoms with Crippen molar-refractivity contribution in [2.75, 3.05) is 13.1 Å². The number of amides is 2. The van der Waals surface area contributed by atoms with E-state index >= 15 is 0 Å². The van der Waals surface area contributed by atoms with Crippen molar-refractivity contribution in [2.45, 2.75) is 51.1 Å². The van der Waals surface area contributed by atoms with Gasteiger partial charge in [0.25, 0.3) is 5.91 Å². The summed E-state index contributed by atoms with van der Waals surface area (Å²) in [6.45, 7) is 2.11. The predicted octanol–water partition coefficient (Wildman–Crippen LogP) is 2.48. The fraction of sp³-hybridized carbons (Fsp3) is 0.579. The van der Waals surface area contributed by atoms with Crippen LogP contribution in [0.1, 0.15) is 54.4 Å². The first-order valence-electron chi connectivity index (χ1n) is 9.05. The van der Waals surface area contributed by atoms with Crippen LogP contribution in [0.15, 0.2) is 24.3 Å². The standard InChI is InChI=1S/C19H27N3O2.ClH/c20-12-16-4-1-2-5-17(16)21-19(24)15-9-7-14(8-10-15)13-22-11-3-6-18(22)23;/h7-10,16-17H,1-6,11-13,20H2,(H,21,24);1H. The van der Waals surface area contributed by atoms with Crippen LogP contribution in [0.3, 0.4) is 0 Å². The van der Waals surface area contributed by atoms with Crippen molar-refractivity contribution >= 4 is 24.2 Å². The Labute approximate surface area is 155 Å². The van der Waals surface area contributed by atoms with E-state index < -0.39 is 0 Å². The molecule has 2 aliphatic rings. The number of benzene rings is 1. The van der Waals surface area contributed by atoms with E-state index in [1.54, 1.807) is 0 Å². The monoisotopic (exact) mass is 365 g/mol. The normalized spacial score (nSPS) is 23.2. The van der Waals surface area contributed by atoms with Gasteiger partial charge in [0.1, 0.15) is 0 Å². The average Bonchev–Trinajstić information content (AvgIpc) is 3.01. The van der Waals surface area contributed by atoms with Crippen molar-refractivity contribution in [3.05, 3.63) is 35.4 Å². The van der Waals surface area contributed by atoms with Crippen LogP contribution >= 0.6 is 12.4 Å². The van der Waals surface area contributed by atoms with Crippen LogP contribution in [0.5, 0.6) is 0 Å². The Morgan fingerprint density at radius 1 is 1.16 bits per heavy atom. The maximum Gasteiger partial charge on any atom is 0.251 e. The quantitative estimate of drug-likeness (QED) is 0.841. The van der Waals surface area contributed by atoms with Crippen molar-refractivity contribution in [2.24, 2.45) is 11.7 Å². The maximum atomic E-state index is 12.5. The molecule has 1 aromatic rings. The first-order chi connectivity index (χ1) is 11.7. The van der Waals surface area contributed by atoms with Gasteiger partial charge in [0.15, 0.2) is 0 Å². The Kier molecular flexibility index (Phi) is 7.26. The summed E-state index contributed by atoms with van der Waals surface area (Å²) in [5.41, 5.74) is 7.58. The number of likely N-dealkylation sites (tertiary alicyclic amines) is 1. The molecule has 0 bridgehead atoms. The molecule has 25 heavy (non-hydrogen) atoms. The number of carbonyl (C=O) groups is 2. The molecule has 1 aliphatic carbocycles. The molecule has 6 heteroatoms. The fourth-order valence-corrected chi connectivity index (χ4v) is 3.78. The molecule has 2 atom stereocenters. The number of rotatable bonds is 5. The number of nitrogens with two attached hydrogens (primary N) is 1. The van der Waals surface area contributed by atoms with Gasteiger partial charge in [-0.15, -0.1) is 12.4 Å². The zero-order valence-electron chi connectivity index (χ0n) is 14.6. The van der Waals surface area contributed by atoms with Gasteiger partial charge in [-0.25, -0.2) is 0 Å². The highest BCUT2D eigenvalue weighted by atomic mass is 35.5. The lowest BCUT2D eigenvalue weighted by atomic mass is 9.84. The van der Waals surface area contributed by atoms with Gasteiger partial charge in [-0.1, -0.05) is 25.0 Å². The van der Waals surface area contributed by atoms with Gasteiger partial charge in [-0.2, -0.15) is 0 Å². The lowest BCUT2D eigenvalue weighted by Gasteiger charge is -2.31. The van der Waals surface area contributed by atoms with E-state index in [2.05, 4.69) is 5.32 Å². The van der Waals surface area contributed by atoms with Crippen molar-refractivity contribution < 1.29 is 9.59 Å². The second-order valence-electron chi connectivity index (χ2n) is 6.98. The Hall–Kier alpha value is -1.59. The second kappa shape index (κ2) is 9.20. The molecule has 1 saturated heterocycles. The molecule has 0 spiro atoms. The third-order valence-electron chi connectivity index (χ3n) is 5.29. The Morgan fingerprint density at radius 2 is 1.88 bits per heavy atom. The van der Waals surface area contributed by atoms with Crippen LogP contribution in [0.25, 0.3) is 0 Å². The molecule has 1 aromatic carbocycles. The van der Waals surface area contributed by atoms with E-state index in [1.807, 2.05) is 29.2 Å². The van der Waals surface area contributed by atoms with Crippen LogP contribution in [0, 0.1) is 5.92 Å². The molecular formula is C19H28ClN3O2. The second-order valence-corrected chi connectivity index (χ2v) is 6.98. The highest BCUT2D eigenvalue weighted by molar-refractivity contribution is 5.94. The first-order valence-corrected chi connectivity index (χ1v) is 9.05. The lowest BCUT2D eigenvalue weighted by molar-refractivity contribution is -0.128. The van der Waals surface area contributed by atoms with E-state index in [-0.39, 0.29) is 30.3 Å². The number of halogens is 1. The van der Waals surface area contributed by atoms with Gasteiger partial charge in [-0.05, 0) is 49.4 Å². The maximum absolute atomic E-state index is 12.5. The van der Waals surface area contributed by atoms with E-state index in [9.17, 15) is 9.59 Å². The molecule has 138 valence electrons. The molecule has 1 heterocycles. The van der Waals surface area contributed by atoms with Crippen LogP contribution in [-0.4, -0.2) is 35.8 Å². The third-order valence-corrected chi connectivity index (χ3v) is 5.29. The minimum atomic E-state index is -0.0239. The summed E-state index contributed by atoms with van der Waals surface area (Å²) in [5, 5.41) is 3.15. The van der Waals surface area contributed by atoms with Gasteiger partial charge in [0, 0.05) is 31.1 Å². The number of nitrogens with one attached hydrogen (secondary N) is 1. The highest BCUT2D eigenvalue weighted by Crippen LogP contribution is 2.24. The first kappa shape index (κ1) is 19.7. The molecule has 1 saturated carbocycles. The molecule has 0 radical (unpaired) electrons. The fourth-order valence-electron chi connectivity index (χ4n) is 3.78. The lowest BCUT2D eigenvalue weighted by Crippen LogP contribution is -2.44. The van der Waals surface area contributed by atoms with Crippen LogP contribution in [0.4, 0.5) is 0 Å². The minimum Gasteiger partial charge on any atom is -0.349 e. The number of hydrogen-bond donors (Lipinski definition) is 2. The van der Waals surface area contributed by atoms with Crippen molar-refractivity contribution in [3.8, 4) is 0 Å². The molecular weight excluding hydrogens is 338 g/mol. The summed E-state index contributed by atoms with van der Waals surface area (Å²) in [6.07, 6.45) is 6.09. The van der Waals surface area contributed by atoms with Gasteiger partial charge in [-0.3, -0.25) is 9.59 Å². The van der Waals surface area contributed by atoms with Gasteiger partial charge < -0.3 is 16.0 Å². The zero-order valence-corrected chi connectivity index (χ0v) is 15.4. The third kappa shape index (κ3) is 4.95. The summed E-state index contributed by atoms with van der Waals surface area (Å²) >= 11 is 0. The van der Waals surface area contributed by atoms with Crippen LogP contribution < -0.4 is 11.1 Å². The molecule has 2 amide bonds. The van der Waals surface area contributed by atoms with Crippen molar-refractivity contribution in [1.82, 2.24) is 10.2 Å². The summed E-state index contributed by atoms with van der Waals surface area (Å²) in [4.78, 5) is 26.0. The molecule has 2 unspecified atom stereocenters. The molecule has 3 rings (SSSR count). The topological polar surface area (TPSA) is 75.4 Å². The molecule has 2 fully saturated rings. The Morgan fingerprint density at radius 3 is 2.52 bits per heavy atom. The smallest absolute Gasteiger partial charge is 0.251 e. The van der Waals surface area contributed by atoms with Gasteiger partial charge >= 0.3 is 0 Å². The Bertz CT molecular complexity index is 591. The number of hydrogen-bond acceptors (Lipinski definition) is 3. The van der Waals surface area contributed by atoms with Crippen LogP contribution in [0.2, 0.25) is 0 Å². The van der Waals surface area contributed by atoms with Crippen molar-refractivity contribution in [3.63, 3.8) is 0 Å². The van der Waals surface area contributed by atoms with Gasteiger partial charge in [0.05, 0.1) is 0 Å². The summed E-state index contributed by atoms with van der Waals surface area (Å²) in [5.74, 6) is 0.592.